The smallest absolute Gasteiger partial charge is 0.313 e. The number of hydrogen-bond donors (Lipinski definition) is 2. The molecule has 182 valence electrons. The first-order valence-electron chi connectivity index (χ1n) is 11.5. The van der Waals surface area contributed by atoms with Crippen LogP contribution < -0.4 is 25.0 Å². The van der Waals surface area contributed by atoms with Crippen LogP contribution >= 0.6 is 0 Å². The van der Waals surface area contributed by atoms with Gasteiger partial charge in [0.2, 0.25) is 0 Å². The zero-order valence-electron chi connectivity index (χ0n) is 19.9. The van der Waals surface area contributed by atoms with Gasteiger partial charge >= 0.3 is 11.8 Å². The minimum Gasteiger partial charge on any atom is -0.497 e. The molecule has 0 aliphatic carbocycles. The molecule has 0 aromatic heterocycles. The first-order chi connectivity index (χ1) is 16.5. The largest absolute Gasteiger partial charge is 0.497 e. The van der Waals surface area contributed by atoms with Crippen LogP contribution in [0.2, 0.25) is 0 Å². The summed E-state index contributed by atoms with van der Waals surface area (Å²) in [4.78, 5) is 29.8. The Morgan fingerprint density at radius 3 is 2.56 bits per heavy atom. The Hall–Kier alpha value is -3.30. The molecule has 0 radical (unpaired) electrons. The normalized spacial score (nSPS) is 16.5. The van der Waals surface area contributed by atoms with Gasteiger partial charge in [-0.3, -0.25) is 14.5 Å². The molecule has 0 bridgehead atoms. The highest BCUT2D eigenvalue weighted by Crippen LogP contribution is 2.32. The molecule has 0 spiro atoms. The summed E-state index contributed by atoms with van der Waals surface area (Å²) in [6, 6.07) is 11.4. The Labute approximate surface area is 200 Å². The third-order valence-electron chi connectivity index (χ3n) is 6.42. The molecule has 4 rings (SSSR count). The summed E-state index contributed by atoms with van der Waals surface area (Å²) < 4.78 is 16.0. The van der Waals surface area contributed by atoms with Crippen molar-refractivity contribution in [3.63, 3.8) is 0 Å². The van der Waals surface area contributed by atoms with Crippen molar-refractivity contribution in [2.24, 2.45) is 0 Å². The van der Waals surface area contributed by atoms with Crippen molar-refractivity contribution in [3.05, 3.63) is 47.5 Å². The molecule has 1 atom stereocenters. The summed E-state index contributed by atoms with van der Waals surface area (Å²) in [6.45, 7) is 4.17. The number of amides is 2. The van der Waals surface area contributed by atoms with Crippen molar-refractivity contribution in [1.29, 1.82) is 0 Å². The molecule has 0 unspecified atom stereocenters. The van der Waals surface area contributed by atoms with E-state index in [1.165, 1.54) is 18.4 Å². The predicted octanol–water partition coefficient (Wildman–Crippen LogP) is 1.82. The summed E-state index contributed by atoms with van der Waals surface area (Å²) in [6.07, 6.45) is 1.01. The molecule has 0 saturated carbocycles. The number of anilines is 2. The quantitative estimate of drug-likeness (QED) is 0.599. The second-order valence-electron chi connectivity index (χ2n) is 8.45. The van der Waals surface area contributed by atoms with Crippen LogP contribution in [-0.2, 0) is 20.7 Å². The summed E-state index contributed by atoms with van der Waals surface area (Å²) in [5.74, 6) is -0.445. The van der Waals surface area contributed by atoms with E-state index in [1.54, 1.807) is 25.3 Å². The number of methoxy groups -OCH3 is 2. The number of rotatable bonds is 7. The number of nitrogens with zero attached hydrogens (tertiary/aromatic N) is 2. The average Bonchev–Trinajstić information content (AvgIpc) is 3.24. The van der Waals surface area contributed by atoms with Crippen LogP contribution in [0.5, 0.6) is 11.5 Å². The molecular formula is C25H32N4O5. The van der Waals surface area contributed by atoms with Crippen LogP contribution in [0.4, 0.5) is 11.4 Å². The first-order valence-corrected chi connectivity index (χ1v) is 11.5. The number of fused-ring (bicyclic) bond motifs is 1. The van der Waals surface area contributed by atoms with Crippen LogP contribution in [0.1, 0.15) is 17.2 Å². The Bertz CT molecular complexity index is 1040. The SMILES string of the molecule is COc1ccc(NC(=O)C(=O)NC[C@@H](c2ccc3c(c2)CCN3C)N2CCOCC2)c(OC)c1. The lowest BCUT2D eigenvalue weighted by molar-refractivity contribution is -0.136. The molecule has 1 saturated heterocycles. The zero-order chi connectivity index (χ0) is 24.1. The highest BCUT2D eigenvalue weighted by Gasteiger charge is 2.26. The number of carbonyl (C=O) groups is 2. The molecule has 2 amide bonds. The Morgan fingerprint density at radius 1 is 1.03 bits per heavy atom. The molecule has 2 aromatic rings. The van der Waals surface area contributed by atoms with Crippen molar-refractivity contribution >= 4 is 23.2 Å². The molecule has 9 nitrogen and oxygen atoms in total. The van der Waals surface area contributed by atoms with Crippen molar-refractivity contribution in [3.8, 4) is 11.5 Å². The number of morpholine rings is 1. The van der Waals surface area contributed by atoms with Gasteiger partial charge in [-0.1, -0.05) is 12.1 Å². The van der Waals surface area contributed by atoms with E-state index in [-0.39, 0.29) is 6.04 Å². The molecule has 2 aromatic carbocycles. The Kier molecular flexibility index (Phi) is 7.54. The number of hydrogen-bond acceptors (Lipinski definition) is 7. The molecule has 2 N–H and O–H groups in total. The maximum Gasteiger partial charge on any atom is 0.313 e. The van der Waals surface area contributed by atoms with Crippen molar-refractivity contribution in [1.82, 2.24) is 10.2 Å². The maximum atomic E-state index is 12.7. The first kappa shape index (κ1) is 23.8. The van der Waals surface area contributed by atoms with Crippen LogP contribution in [-0.4, -0.2) is 77.4 Å². The van der Waals surface area contributed by atoms with E-state index in [2.05, 4.69) is 45.7 Å². The molecule has 1 fully saturated rings. The lowest BCUT2D eigenvalue weighted by atomic mass is 10.0. The third kappa shape index (κ3) is 5.26. The second-order valence-corrected chi connectivity index (χ2v) is 8.45. The highest BCUT2D eigenvalue weighted by molar-refractivity contribution is 6.39. The monoisotopic (exact) mass is 468 g/mol. The van der Waals surface area contributed by atoms with Gasteiger partial charge in [0.05, 0.1) is 39.2 Å². The van der Waals surface area contributed by atoms with Crippen LogP contribution in [0.15, 0.2) is 36.4 Å². The standard InChI is InChI=1S/C25H32N4O5/c1-28-9-8-18-14-17(4-7-21(18)28)22(29-10-12-34-13-11-29)16-26-24(30)25(31)27-20-6-5-19(32-2)15-23(20)33-3/h4-7,14-15,22H,8-13,16H2,1-3H3,(H,26,30)(H,27,31)/t22-/m0/s1. The summed E-state index contributed by atoms with van der Waals surface area (Å²) in [7, 11) is 5.14. The average molecular weight is 469 g/mol. The van der Waals surface area contributed by atoms with E-state index >= 15 is 0 Å². The molecular weight excluding hydrogens is 436 g/mol. The molecule has 2 aliphatic rings. The Morgan fingerprint density at radius 2 is 1.82 bits per heavy atom. The van der Waals surface area contributed by atoms with Gasteiger partial charge in [-0.25, -0.2) is 0 Å². The molecule has 2 aliphatic heterocycles. The summed E-state index contributed by atoms with van der Waals surface area (Å²) in [5.41, 5.74) is 4.10. The van der Waals surface area contributed by atoms with Crippen molar-refractivity contribution in [2.45, 2.75) is 12.5 Å². The molecule has 9 heteroatoms. The van der Waals surface area contributed by atoms with E-state index in [1.807, 2.05) is 0 Å². The lowest BCUT2D eigenvalue weighted by Crippen LogP contribution is -2.45. The maximum absolute atomic E-state index is 12.7. The summed E-state index contributed by atoms with van der Waals surface area (Å²) >= 11 is 0. The predicted molar refractivity (Wildman–Crippen MR) is 130 cm³/mol. The van der Waals surface area contributed by atoms with Gasteiger partial charge in [0, 0.05) is 45.0 Å². The number of carbonyl (C=O) groups excluding carboxylic acids is 2. The van der Waals surface area contributed by atoms with E-state index in [0.29, 0.717) is 36.9 Å². The van der Waals surface area contributed by atoms with Gasteiger partial charge in [0.15, 0.2) is 0 Å². The van der Waals surface area contributed by atoms with Gasteiger partial charge in [-0.05, 0) is 35.7 Å². The lowest BCUT2D eigenvalue weighted by Gasteiger charge is -2.35. The van der Waals surface area contributed by atoms with Crippen LogP contribution in [0.25, 0.3) is 0 Å². The minimum atomic E-state index is -0.750. The molecule has 34 heavy (non-hydrogen) atoms. The fourth-order valence-electron chi connectivity index (χ4n) is 4.49. The van der Waals surface area contributed by atoms with Crippen molar-refractivity contribution < 1.29 is 23.8 Å². The van der Waals surface area contributed by atoms with Gasteiger partial charge in [0.1, 0.15) is 11.5 Å². The third-order valence-corrected chi connectivity index (χ3v) is 6.42. The van der Waals surface area contributed by atoms with E-state index in [4.69, 9.17) is 14.2 Å². The highest BCUT2D eigenvalue weighted by atomic mass is 16.5. The topological polar surface area (TPSA) is 92.4 Å². The second kappa shape index (κ2) is 10.8. The van der Waals surface area contributed by atoms with Gasteiger partial charge in [-0.15, -0.1) is 0 Å². The van der Waals surface area contributed by atoms with Crippen LogP contribution in [0.3, 0.4) is 0 Å². The van der Waals surface area contributed by atoms with E-state index in [9.17, 15) is 9.59 Å². The minimum absolute atomic E-state index is 0.0487. The number of ether oxygens (including phenoxy) is 3. The van der Waals surface area contributed by atoms with Crippen molar-refractivity contribution in [2.75, 3.05) is 70.9 Å². The zero-order valence-corrected chi connectivity index (χ0v) is 19.9. The van der Waals surface area contributed by atoms with E-state index in [0.717, 1.165) is 31.6 Å². The Balaban J connectivity index is 1.45. The number of likely N-dealkylation sites (N-methyl/N-ethyl adjacent to an activating group) is 1. The molecule has 2 heterocycles. The van der Waals surface area contributed by atoms with Gasteiger partial charge in [-0.2, -0.15) is 0 Å². The fourth-order valence-corrected chi connectivity index (χ4v) is 4.49. The van der Waals surface area contributed by atoms with E-state index < -0.39 is 11.8 Å². The number of nitrogens with one attached hydrogen (secondary N) is 2. The fraction of sp³-hybridized carbons (Fsp3) is 0.440. The van der Waals surface area contributed by atoms with Crippen LogP contribution in [0, 0.1) is 0 Å². The van der Waals surface area contributed by atoms with Gasteiger partial charge in [0.25, 0.3) is 0 Å². The summed E-state index contributed by atoms with van der Waals surface area (Å²) in [5, 5.41) is 5.45. The number of benzene rings is 2. The van der Waals surface area contributed by atoms with Gasteiger partial charge < -0.3 is 29.7 Å².